The van der Waals surface area contributed by atoms with Crippen molar-refractivity contribution in [2.75, 3.05) is 19.5 Å². The number of nitrogens with zero attached hydrogens (tertiary/aromatic N) is 2. The number of amides is 2. The van der Waals surface area contributed by atoms with Gasteiger partial charge < -0.3 is 20.3 Å². The van der Waals surface area contributed by atoms with Crippen LogP contribution in [-0.2, 0) is 11.0 Å². The van der Waals surface area contributed by atoms with E-state index in [1.807, 2.05) is 0 Å². The molecule has 0 aliphatic carbocycles. The number of benzene rings is 1. The maximum absolute atomic E-state index is 11.8. The van der Waals surface area contributed by atoms with E-state index in [4.69, 9.17) is 22.1 Å². The second kappa shape index (κ2) is 7.85. The molecule has 0 bridgehead atoms. The number of nitrogens with two attached hydrogens (primary N) is 1. The van der Waals surface area contributed by atoms with E-state index < -0.39 is 30.5 Å². The predicted molar refractivity (Wildman–Crippen MR) is 83.8 cm³/mol. The molecule has 23 heavy (non-hydrogen) atoms. The van der Waals surface area contributed by atoms with Gasteiger partial charge in [-0.2, -0.15) is 0 Å². The lowest BCUT2D eigenvalue weighted by atomic mass is 10.1. The SMILES string of the molecule is COc1ccc(CC([N+](CCCl)(N=O)C(N)=O)P(=O)(O)O)cc1. The van der Waals surface area contributed by atoms with E-state index in [0.29, 0.717) is 11.3 Å². The minimum absolute atomic E-state index is 0.228. The molecule has 2 amide bonds. The minimum atomic E-state index is -4.89. The molecule has 1 aromatic rings. The Bertz CT molecular complexity index is 607. The highest BCUT2D eigenvalue weighted by Gasteiger charge is 2.54. The van der Waals surface area contributed by atoms with Gasteiger partial charge in [-0.25, -0.2) is 4.79 Å². The summed E-state index contributed by atoms with van der Waals surface area (Å²) in [5, 5.41) is 2.62. The Kier molecular flexibility index (Phi) is 6.67. The van der Waals surface area contributed by atoms with E-state index in [9.17, 15) is 24.1 Å². The van der Waals surface area contributed by atoms with Gasteiger partial charge in [0.1, 0.15) is 12.3 Å². The smallest absolute Gasteiger partial charge is 0.444 e. The highest BCUT2D eigenvalue weighted by atomic mass is 35.5. The predicted octanol–water partition coefficient (Wildman–Crippen LogP) is 1.56. The molecule has 0 aromatic heterocycles. The number of hydrogen-bond donors (Lipinski definition) is 3. The Morgan fingerprint density at radius 3 is 2.35 bits per heavy atom. The van der Waals surface area contributed by atoms with Gasteiger partial charge in [-0.1, -0.05) is 21.6 Å². The second-order valence-electron chi connectivity index (χ2n) is 4.78. The van der Waals surface area contributed by atoms with Crippen molar-refractivity contribution in [3.63, 3.8) is 0 Å². The van der Waals surface area contributed by atoms with E-state index in [-0.39, 0.29) is 12.3 Å². The van der Waals surface area contributed by atoms with Crippen molar-refractivity contribution in [1.82, 2.24) is 0 Å². The van der Waals surface area contributed by atoms with Crippen LogP contribution in [0.3, 0.4) is 0 Å². The van der Waals surface area contributed by atoms with Crippen molar-refractivity contribution in [2.45, 2.75) is 12.2 Å². The monoisotopic (exact) mass is 366 g/mol. The van der Waals surface area contributed by atoms with Crippen molar-refractivity contribution in [3.05, 3.63) is 34.7 Å². The summed E-state index contributed by atoms with van der Waals surface area (Å²) in [5.41, 5.74) is 5.66. The quantitative estimate of drug-likeness (QED) is 0.210. The third-order valence-corrected chi connectivity index (χ3v) is 4.92. The van der Waals surface area contributed by atoms with Gasteiger partial charge in [0.25, 0.3) is 0 Å². The second-order valence-corrected chi connectivity index (χ2v) is 6.93. The van der Waals surface area contributed by atoms with E-state index in [1.165, 1.54) is 7.11 Å². The molecule has 0 aliphatic rings. The van der Waals surface area contributed by atoms with Gasteiger partial charge in [0, 0.05) is 6.42 Å². The molecule has 9 nitrogen and oxygen atoms in total. The summed E-state index contributed by atoms with van der Waals surface area (Å²) < 4.78 is 15.4. The van der Waals surface area contributed by atoms with Crippen LogP contribution in [-0.4, -0.2) is 45.7 Å². The number of methoxy groups -OCH3 is 1. The molecule has 4 N–H and O–H groups in total. The topological polar surface area (TPSA) is 139 Å². The molecule has 2 unspecified atom stereocenters. The highest BCUT2D eigenvalue weighted by molar-refractivity contribution is 7.52. The standard InChI is InChI=1S/C12H17ClN3O6P/c1-22-10-4-2-9(3-5-10)8-11(23(19,20)21)16(15-18,7-6-13)12(14)17/h2-5,11H,6-8H2,1H3,(H3-,14,17,19,20,21)/p+1. The summed E-state index contributed by atoms with van der Waals surface area (Å²) in [7, 11) is -3.42. The van der Waals surface area contributed by atoms with Crippen LogP contribution in [0.1, 0.15) is 5.56 Å². The molecular formula is C12H18ClN3O6P+. The van der Waals surface area contributed by atoms with Gasteiger partial charge in [0.15, 0.2) is 5.29 Å². The number of primary amides is 1. The Balaban J connectivity index is 3.29. The van der Waals surface area contributed by atoms with Crippen LogP contribution in [0, 0.1) is 4.91 Å². The van der Waals surface area contributed by atoms with Crippen molar-refractivity contribution >= 4 is 25.2 Å². The average Bonchev–Trinajstić information content (AvgIpc) is 2.50. The van der Waals surface area contributed by atoms with Crippen LogP contribution in [0.25, 0.3) is 0 Å². The van der Waals surface area contributed by atoms with Crippen LogP contribution in [0.15, 0.2) is 29.6 Å². The van der Waals surface area contributed by atoms with Crippen LogP contribution < -0.4 is 10.5 Å². The third-order valence-electron chi connectivity index (χ3n) is 3.41. The number of hydrogen-bond acceptors (Lipinski definition) is 5. The van der Waals surface area contributed by atoms with Gasteiger partial charge >= 0.3 is 13.6 Å². The Morgan fingerprint density at radius 2 is 2.00 bits per heavy atom. The number of rotatable bonds is 8. The Labute approximate surface area is 137 Å². The number of quaternary nitrogens is 1. The zero-order chi connectivity index (χ0) is 17.7. The van der Waals surface area contributed by atoms with E-state index in [2.05, 4.69) is 5.29 Å². The first-order chi connectivity index (χ1) is 10.7. The molecule has 128 valence electrons. The molecule has 1 aromatic carbocycles. The summed E-state index contributed by atoms with van der Waals surface area (Å²) in [4.78, 5) is 42.1. The number of alkyl halides is 1. The van der Waals surface area contributed by atoms with Crippen LogP contribution in [0.4, 0.5) is 4.79 Å². The van der Waals surface area contributed by atoms with Crippen molar-refractivity contribution in [3.8, 4) is 5.75 Å². The normalized spacial score (nSPS) is 15.5. The number of carbonyl (C=O) groups excluding carboxylic acids is 1. The zero-order valence-electron chi connectivity index (χ0n) is 12.3. The van der Waals surface area contributed by atoms with Crippen molar-refractivity contribution < 1.29 is 28.5 Å². The lowest BCUT2D eigenvalue weighted by molar-refractivity contribution is -0.868. The fraction of sp³-hybridized carbons (Fsp3) is 0.417. The first-order valence-corrected chi connectivity index (χ1v) is 8.69. The molecule has 0 radical (unpaired) electrons. The molecular weight excluding hydrogens is 349 g/mol. The molecule has 0 saturated heterocycles. The van der Waals surface area contributed by atoms with Crippen LogP contribution >= 0.6 is 19.2 Å². The molecule has 0 fully saturated rings. The van der Waals surface area contributed by atoms with Gasteiger partial charge in [-0.15, -0.1) is 11.6 Å². The highest BCUT2D eigenvalue weighted by Crippen LogP contribution is 2.48. The molecule has 0 saturated carbocycles. The minimum Gasteiger partial charge on any atom is -0.497 e. The maximum Gasteiger partial charge on any atom is 0.444 e. The summed E-state index contributed by atoms with van der Waals surface area (Å²) in [5.74, 6) is -1.44. The van der Waals surface area contributed by atoms with E-state index >= 15 is 0 Å². The Morgan fingerprint density at radius 1 is 1.43 bits per heavy atom. The Hall–Kier alpha value is -1.51. The lowest BCUT2D eigenvalue weighted by Crippen LogP contribution is -2.59. The number of urea groups is 1. The lowest BCUT2D eigenvalue weighted by Gasteiger charge is -2.31. The molecule has 0 spiro atoms. The van der Waals surface area contributed by atoms with Gasteiger partial charge in [0.2, 0.25) is 5.78 Å². The first-order valence-electron chi connectivity index (χ1n) is 6.48. The van der Waals surface area contributed by atoms with E-state index in [1.54, 1.807) is 24.3 Å². The van der Waals surface area contributed by atoms with E-state index in [0.717, 1.165) is 0 Å². The summed E-state index contributed by atoms with van der Waals surface area (Å²) in [6.07, 6.45) is -0.292. The molecule has 0 aliphatic heterocycles. The van der Waals surface area contributed by atoms with Crippen LogP contribution in [0.2, 0.25) is 0 Å². The van der Waals surface area contributed by atoms with Crippen molar-refractivity contribution in [2.24, 2.45) is 11.0 Å². The maximum atomic E-state index is 11.8. The van der Waals surface area contributed by atoms with Gasteiger partial charge in [-0.3, -0.25) is 4.57 Å². The summed E-state index contributed by atoms with van der Waals surface area (Å²) in [6, 6.07) is 5.01. The summed E-state index contributed by atoms with van der Waals surface area (Å²) >= 11 is 5.55. The molecule has 2 atom stereocenters. The molecule has 1 rings (SSSR count). The van der Waals surface area contributed by atoms with Crippen molar-refractivity contribution in [1.29, 1.82) is 0 Å². The first kappa shape index (κ1) is 19.5. The zero-order valence-corrected chi connectivity index (χ0v) is 14.0. The van der Waals surface area contributed by atoms with Gasteiger partial charge in [0.05, 0.1) is 13.0 Å². The average molecular weight is 367 g/mol. The largest absolute Gasteiger partial charge is 0.497 e. The van der Waals surface area contributed by atoms with Gasteiger partial charge in [-0.05, 0) is 17.7 Å². The third kappa shape index (κ3) is 4.49. The number of ether oxygens (including phenoxy) is 1. The van der Waals surface area contributed by atoms with Crippen LogP contribution in [0.5, 0.6) is 5.75 Å². The summed E-state index contributed by atoms with van der Waals surface area (Å²) in [6.45, 7) is -0.424. The molecule has 0 heterocycles. The fourth-order valence-corrected chi connectivity index (χ4v) is 3.64. The number of carbonyl (C=O) groups is 1. The number of nitroso groups, excluding NO2 is 1. The number of halogens is 1. The molecule has 11 heteroatoms. The fourth-order valence-electron chi connectivity index (χ4n) is 2.16.